The number of nitrogens with zero attached hydrogens (tertiary/aromatic N) is 2. The van der Waals surface area contributed by atoms with Crippen molar-refractivity contribution in [2.45, 2.75) is 6.42 Å². The van der Waals surface area contributed by atoms with Gasteiger partial charge in [0.05, 0.1) is 6.20 Å². The molecule has 0 atom stereocenters. The molecule has 8 heteroatoms. The molecule has 1 aromatic carbocycles. The number of halogens is 2. The van der Waals surface area contributed by atoms with Crippen molar-refractivity contribution in [3.63, 3.8) is 0 Å². The van der Waals surface area contributed by atoms with Crippen molar-refractivity contribution in [2.24, 2.45) is 0 Å². The van der Waals surface area contributed by atoms with E-state index in [0.29, 0.717) is 25.1 Å². The minimum atomic E-state index is -0.579. The second kappa shape index (κ2) is 8.19. The molecule has 1 heterocycles. The molecule has 3 N–H and O–H groups in total. The molecule has 2 aromatic rings. The second-order valence-corrected chi connectivity index (χ2v) is 4.98. The van der Waals surface area contributed by atoms with Gasteiger partial charge < -0.3 is 16.0 Å². The highest BCUT2D eigenvalue weighted by Crippen LogP contribution is 2.11. The molecule has 6 nitrogen and oxygen atoms in total. The molecule has 0 aliphatic carbocycles. The Morgan fingerprint density at radius 2 is 2.04 bits per heavy atom. The van der Waals surface area contributed by atoms with Crippen molar-refractivity contribution in [3.8, 4) is 0 Å². The van der Waals surface area contributed by atoms with Crippen LogP contribution in [-0.4, -0.2) is 35.2 Å². The molecule has 0 bridgehead atoms. The molecule has 0 fully saturated rings. The smallest absolute Gasteiger partial charge is 0.251 e. The van der Waals surface area contributed by atoms with E-state index in [9.17, 15) is 9.18 Å². The first-order valence-electron chi connectivity index (χ1n) is 6.91. The van der Waals surface area contributed by atoms with E-state index in [1.165, 1.54) is 6.21 Å². The number of hydrogen-bond donors (Lipinski definition) is 3. The number of carbonyl (C=O) groups is 1. The van der Waals surface area contributed by atoms with Crippen LogP contribution in [0, 0.1) is 11.2 Å². The molecule has 0 unspecified atom stereocenters. The molecule has 0 aliphatic heterocycles. The summed E-state index contributed by atoms with van der Waals surface area (Å²) >= 11 is 5.59. The number of hydrogen-bond acceptors (Lipinski definition) is 5. The summed E-state index contributed by atoms with van der Waals surface area (Å²) in [6.45, 7) is 0.857. The van der Waals surface area contributed by atoms with Crippen LogP contribution in [-0.2, 0) is 0 Å². The van der Waals surface area contributed by atoms with Gasteiger partial charge in [-0.25, -0.2) is 9.37 Å². The molecule has 23 heavy (non-hydrogen) atoms. The fourth-order valence-electron chi connectivity index (χ4n) is 1.80. The number of rotatable bonds is 7. The second-order valence-electron chi connectivity index (χ2n) is 4.64. The minimum absolute atomic E-state index is 0.0319. The van der Waals surface area contributed by atoms with Crippen molar-refractivity contribution in [3.05, 3.63) is 52.7 Å². The topological polar surface area (TPSA) is 90.8 Å². The first kappa shape index (κ1) is 16.8. The number of amides is 1. The molecule has 1 amide bonds. The average Bonchev–Trinajstić information content (AvgIpc) is 2.57. The molecule has 0 spiro atoms. The molecule has 0 radical (unpaired) electrons. The third-order valence-corrected chi connectivity index (χ3v) is 3.17. The fourth-order valence-corrected chi connectivity index (χ4v) is 1.93. The van der Waals surface area contributed by atoms with Crippen LogP contribution in [0.5, 0.6) is 0 Å². The summed E-state index contributed by atoms with van der Waals surface area (Å²) < 4.78 is 13.4. The van der Waals surface area contributed by atoms with E-state index in [2.05, 4.69) is 20.6 Å². The molecule has 0 aliphatic rings. The zero-order chi connectivity index (χ0) is 16.7. The summed E-state index contributed by atoms with van der Waals surface area (Å²) in [6.07, 6.45) is 2.80. The summed E-state index contributed by atoms with van der Waals surface area (Å²) in [4.78, 5) is 19.1. The Kier molecular flexibility index (Phi) is 5.99. The van der Waals surface area contributed by atoms with Gasteiger partial charge in [0, 0.05) is 24.9 Å². The number of nitrogens with one attached hydrogen (secondary N) is 3. The van der Waals surface area contributed by atoms with E-state index < -0.39 is 5.82 Å². The van der Waals surface area contributed by atoms with E-state index in [1.807, 2.05) is 0 Å². The van der Waals surface area contributed by atoms with Crippen LogP contribution < -0.4 is 10.6 Å². The standard InChI is InChI=1S/C15H15ClFN5O/c16-15-21-9-12(17)13(22-15)19-6-1-7-20-14(23)11-4-2-10(8-18)3-5-11/h2-5,8-9,18H,1,6-7H2,(H,20,23)(H,19,21,22). The van der Waals surface area contributed by atoms with E-state index in [1.54, 1.807) is 24.3 Å². The normalized spacial score (nSPS) is 10.2. The highest BCUT2D eigenvalue weighted by molar-refractivity contribution is 6.28. The van der Waals surface area contributed by atoms with Gasteiger partial charge in [-0.1, -0.05) is 12.1 Å². The summed E-state index contributed by atoms with van der Waals surface area (Å²) in [5.41, 5.74) is 1.26. The van der Waals surface area contributed by atoms with E-state index in [0.717, 1.165) is 11.8 Å². The Labute approximate surface area is 137 Å². The van der Waals surface area contributed by atoms with Gasteiger partial charge in [0.2, 0.25) is 5.28 Å². The molecular weight excluding hydrogens is 321 g/mol. The number of anilines is 1. The number of aromatic nitrogens is 2. The van der Waals surface area contributed by atoms with Crippen molar-refractivity contribution < 1.29 is 9.18 Å². The van der Waals surface area contributed by atoms with Crippen LogP contribution in [0.4, 0.5) is 10.2 Å². The predicted molar refractivity (Wildman–Crippen MR) is 86.8 cm³/mol. The first-order valence-corrected chi connectivity index (χ1v) is 7.28. The summed E-state index contributed by atoms with van der Waals surface area (Å²) in [5.74, 6) is -0.735. The lowest BCUT2D eigenvalue weighted by Gasteiger charge is -2.08. The van der Waals surface area contributed by atoms with Crippen LogP contribution in [0.2, 0.25) is 5.28 Å². The Morgan fingerprint density at radius 1 is 1.30 bits per heavy atom. The quantitative estimate of drug-likeness (QED) is 0.412. The summed E-state index contributed by atoms with van der Waals surface area (Å²) in [7, 11) is 0. The summed E-state index contributed by atoms with van der Waals surface area (Å²) in [6, 6.07) is 6.72. The third kappa shape index (κ3) is 5.00. The molecule has 0 saturated heterocycles. The Hall–Kier alpha value is -2.54. The highest BCUT2D eigenvalue weighted by Gasteiger charge is 2.06. The van der Waals surface area contributed by atoms with Crippen molar-refractivity contribution in [1.82, 2.24) is 15.3 Å². The maximum atomic E-state index is 13.4. The van der Waals surface area contributed by atoms with Crippen molar-refractivity contribution in [2.75, 3.05) is 18.4 Å². The molecule has 0 saturated carbocycles. The Bertz CT molecular complexity index is 693. The third-order valence-electron chi connectivity index (χ3n) is 2.99. The Balaban J connectivity index is 1.73. The lowest BCUT2D eigenvalue weighted by atomic mass is 10.1. The van der Waals surface area contributed by atoms with Crippen LogP contribution in [0.1, 0.15) is 22.3 Å². The molecule has 120 valence electrons. The van der Waals surface area contributed by atoms with Gasteiger partial charge in [-0.3, -0.25) is 4.79 Å². The molecule has 2 rings (SSSR count). The zero-order valence-electron chi connectivity index (χ0n) is 12.1. The van der Waals surface area contributed by atoms with Gasteiger partial charge in [0.1, 0.15) is 0 Å². The van der Waals surface area contributed by atoms with Gasteiger partial charge in [-0.05, 0) is 35.7 Å². The minimum Gasteiger partial charge on any atom is -0.367 e. The van der Waals surface area contributed by atoms with Gasteiger partial charge in [-0.2, -0.15) is 4.98 Å². The lowest BCUT2D eigenvalue weighted by Crippen LogP contribution is -2.26. The van der Waals surface area contributed by atoms with Crippen LogP contribution >= 0.6 is 11.6 Å². The van der Waals surface area contributed by atoms with Gasteiger partial charge >= 0.3 is 0 Å². The lowest BCUT2D eigenvalue weighted by molar-refractivity contribution is 0.0953. The maximum Gasteiger partial charge on any atom is 0.251 e. The Morgan fingerprint density at radius 3 is 2.74 bits per heavy atom. The molecule has 1 aromatic heterocycles. The van der Waals surface area contributed by atoms with E-state index in [4.69, 9.17) is 17.0 Å². The van der Waals surface area contributed by atoms with E-state index >= 15 is 0 Å². The van der Waals surface area contributed by atoms with Gasteiger partial charge in [0.25, 0.3) is 5.91 Å². The van der Waals surface area contributed by atoms with Gasteiger partial charge in [0.15, 0.2) is 11.6 Å². The molecular formula is C15H15ClFN5O. The van der Waals surface area contributed by atoms with E-state index in [-0.39, 0.29) is 17.0 Å². The van der Waals surface area contributed by atoms with Gasteiger partial charge in [-0.15, -0.1) is 0 Å². The SMILES string of the molecule is N=Cc1ccc(C(=O)NCCCNc2nc(Cl)ncc2F)cc1. The van der Waals surface area contributed by atoms with Crippen molar-refractivity contribution >= 4 is 29.5 Å². The van der Waals surface area contributed by atoms with Crippen molar-refractivity contribution in [1.29, 1.82) is 5.41 Å². The highest BCUT2D eigenvalue weighted by atomic mass is 35.5. The fraction of sp³-hybridized carbons (Fsp3) is 0.200. The predicted octanol–water partition coefficient (Wildman–Crippen LogP) is 2.50. The van der Waals surface area contributed by atoms with Crippen LogP contribution in [0.15, 0.2) is 30.5 Å². The zero-order valence-corrected chi connectivity index (χ0v) is 12.9. The number of benzene rings is 1. The number of carbonyl (C=O) groups excluding carboxylic acids is 1. The first-order chi connectivity index (χ1) is 11.1. The monoisotopic (exact) mass is 335 g/mol. The summed E-state index contributed by atoms with van der Waals surface area (Å²) in [5, 5.41) is 12.6. The van der Waals surface area contributed by atoms with Crippen LogP contribution in [0.3, 0.4) is 0 Å². The van der Waals surface area contributed by atoms with Crippen LogP contribution in [0.25, 0.3) is 0 Å². The average molecular weight is 336 g/mol. The largest absolute Gasteiger partial charge is 0.367 e. The maximum absolute atomic E-state index is 13.4.